The van der Waals surface area contributed by atoms with Crippen molar-refractivity contribution in [2.75, 3.05) is 0 Å². The molecule has 0 bridgehead atoms. The zero-order chi connectivity index (χ0) is 12.0. The van der Waals surface area contributed by atoms with E-state index in [1.165, 1.54) is 0 Å². The maximum atomic E-state index is 12.8. The van der Waals surface area contributed by atoms with E-state index in [-0.39, 0.29) is 15.1 Å². The number of hydrogen-bond donors (Lipinski definition) is 0. The van der Waals surface area contributed by atoms with E-state index in [2.05, 4.69) is 0 Å². The minimum absolute atomic E-state index is 0.235. The first-order valence-electron chi connectivity index (χ1n) is 3.14. The molecule has 0 N–H and O–H groups in total. The third-order valence-electron chi connectivity index (χ3n) is 1.41. The van der Waals surface area contributed by atoms with Crippen LogP contribution in [0.3, 0.4) is 0 Å². The SMILES string of the molecule is O=S(=O)(F)c1c(Cl)c(Cl)c(Cl)c(Cl)c1Cl. The monoisotopic (exact) mass is 330 g/mol. The predicted octanol–water partition coefficient (Wildman–Crippen LogP) is 4.61. The van der Waals surface area contributed by atoms with Crippen LogP contribution < -0.4 is 0 Å². The fraction of sp³-hybridized carbons (Fsp3) is 0. The molecule has 1 aromatic carbocycles. The molecule has 0 aliphatic rings. The Morgan fingerprint density at radius 3 is 1.27 bits per heavy atom. The van der Waals surface area contributed by atoms with Gasteiger partial charge in [-0.3, -0.25) is 0 Å². The van der Waals surface area contributed by atoms with Crippen molar-refractivity contribution < 1.29 is 12.3 Å². The van der Waals surface area contributed by atoms with E-state index < -0.39 is 25.2 Å². The van der Waals surface area contributed by atoms with Gasteiger partial charge < -0.3 is 0 Å². The molecule has 0 atom stereocenters. The molecular weight excluding hydrogens is 332 g/mol. The standard InChI is InChI=1S/C6Cl5FO2S/c7-1-2(8)4(10)6(15(12,13)14)5(11)3(1)9. The van der Waals surface area contributed by atoms with Crippen molar-refractivity contribution >= 4 is 68.2 Å². The van der Waals surface area contributed by atoms with Crippen molar-refractivity contribution in [2.45, 2.75) is 4.90 Å². The largest absolute Gasteiger partial charge is 0.335 e. The lowest BCUT2D eigenvalue weighted by molar-refractivity contribution is 0.552. The van der Waals surface area contributed by atoms with E-state index in [4.69, 9.17) is 58.0 Å². The highest BCUT2D eigenvalue weighted by atomic mass is 35.5. The van der Waals surface area contributed by atoms with Gasteiger partial charge in [-0.2, -0.15) is 8.42 Å². The molecule has 0 aliphatic heterocycles. The molecule has 0 unspecified atom stereocenters. The van der Waals surface area contributed by atoms with Gasteiger partial charge in [-0.05, 0) is 0 Å². The van der Waals surface area contributed by atoms with Gasteiger partial charge in [0, 0.05) is 0 Å². The Kier molecular flexibility index (Phi) is 4.02. The van der Waals surface area contributed by atoms with Crippen LogP contribution in [0.5, 0.6) is 0 Å². The summed E-state index contributed by atoms with van der Waals surface area (Å²) in [6, 6.07) is 0. The van der Waals surface area contributed by atoms with Crippen molar-refractivity contribution in [1.82, 2.24) is 0 Å². The molecule has 9 heteroatoms. The third kappa shape index (κ3) is 2.46. The molecule has 15 heavy (non-hydrogen) atoms. The van der Waals surface area contributed by atoms with Gasteiger partial charge in [0.2, 0.25) is 0 Å². The Morgan fingerprint density at radius 2 is 1.00 bits per heavy atom. The molecule has 0 heterocycles. The molecule has 0 saturated carbocycles. The highest BCUT2D eigenvalue weighted by Crippen LogP contribution is 2.46. The minimum atomic E-state index is -5.12. The molecule has 2 nitrogen and oxygen atoms in total. The molecule has 0 aliphatic carbocycles. The molecule has 1 rings (SSSR count). The summed E-state index contributed by atoms with van der Waals surface area (Å²) in [6.07, 6.45) is 0. The van der Waals surface area contributed by atoms with Gasteiger partial charge in [0.25, 0.3) is 0 Å². The molecule has 0 fully saturated rings. The van der Waals surface area contributed by atoms with Crippen LogP contribution in [0.25, 0.3) is 0 Å². The Morgan fingerprint density at radius 1 is 0.733 bits per heavy atom. The molecule has 0 amide bonds. The fourth-order valence-corrected chi connectivity index (χ4v) is 3.23. The summed E-state index contributed by atoms with van der Waals surface area (Å²) < 4.78 is 34.2. The number of hydrogen-bond acceptors (Lipinski definition) is 2. The summed E-state index contributed by atoms with van der Waals surface area (Å²) >= 11 is 27.6. The van der Waals surface area contributed by atoms with Gasteiger partial charge in [0.05, 0.1) is 25.1 Å². The lowest BCUT2D eigenvalue weighted by Gasteiger charge is -2.08. The number of benzene rings is 1. The van der Waals surface area contributed by atoms with Crippen LogP contribution in [-0.2, 0) is 10.2 Å². The number of rotatable bonds is 1. The van der Waals surface area contributed by atoms with Crippen LogP contribution in [0.2, 0.25) is 25.1 Å². The molecule has 0 radical (unpaired) electrons. The summed E-state index contributed by atoms with van der Waals surface area (Å²) in [5.41, 5.74) is 0. The van der Waals surface area contributed by atoms with E-state index in [0.717, 1.165) is 0 Å². The van der Waals surface area contributed by atoms with Gasteiger partial charge in [0.1, 0.15) is 4.90 Å². The summed E-state index contributed by atoms with van der Waals surface area (Å²) in [6.45, 7) is 0. The van der Waals surface area contributed by atoms with Crippen molar-refractivity contribution in [2.24, 2.45) is 0 Å². The van der Waals surface area contributed by atoms with Crippen molar-refractivity contribution in [3.05, 3.63) is 25.1 Å². The van der Waals surface area contributed by atoms with E-state index >= 15 is 0 Å². The number of halogens is 6. The minimum Gasteiger partial charge on any atom is -0.189 e. The smallest absolute Gasteiger partial charge is 0.189 e. The fourth-order valence-electron chi connectivity index (χ4n) is 0.799. The normalized spacial score (nSPS) is 11.9. The second kappa shape index (κ2) is 4.43. The van der Waals surface area contributed by atoms with E-state index in [0.29, 0.717) is 0 Å². The first kappa shape index (κ1) is 13.6. The molecule has 0 aromatic heterocycles. The Hall–Kier alpha value is 0.550. The molecule has 0 spiro atoms. The van der Waals surface area contributed by atoms with E-state index in [1.807, 2.05) is 0 Å². The molecule has 84 valence electrons. The van der Waals surface area contributed by atoms with Crippen molar-refractivity contribution in [3.63, 3.8) is 0 Å². The third-order valence-corrected chi connectivity index (χ3v) is 4.81. The van der Waals surface area contributed by atoms with E-state index in [1.54, 1.807) is 0 Å². The Balaban J connectivity index is 3.84. The lowest BCUT2D eigenvalue weighted by atomic mass is 10.3. The van der Waals surface area contributed by atoms with Gasteiger partial charge in [-0.1, -0.05) is 58.0 Å². The first-order chi connectivity index (χ1) is 6.68. The highest BCUT2D eigenvalue weighted by molar-refractivity contribution is 7.86. The van der Waals surface area contributed by atoms with Crippen LogP contribution >= 0.6 is 58.0 Å². The molecule has 1 aromatic rings. The average molecular weight is 332 g/mol. The second-order valence-corrected chi connectivity index (χ2v) is 5.51. The summed E-state index contributed by atoms with van der Waals surface area (Å²) in [7, 11) is -5.12. The van der Waals surface area contributed by atoms with Crippen LogP contribution in [0.1, 0.15) is 0 Å². The summed E-state index contributed by atoms with van der Waals surface area (Å²) in [5.74, 6) is 0. The molecule has 0 saturated heterocycles. The predicted molar refractivity (Wildman–Crippen MR) is 59.8 cm³/mol. The second-order valence-electron chi connectivity index (χ2n) is 2.34. The van der Waals surface area contributed by atoms with Gasteiger partial charge in [-0.15, -0.1) is 3.89 Å². The maximum absolute atomic E-state index is 12.8. The van der Waals surface area contributed by atoms with Crippen LogP contribution in [0.15, 0.2) is 4.90 Å². The zero-order valence-electron chi connectivity index (χ0n) is 6.49. The summed E-state index contributed by atoms with van der Waals surface area (Å²) in [4.78, 5) is -0.981. The molecular formula is C6Cl5FO2S. The van der Waals surface area contributed by atoms with E-state index in [9.17, 15) is 12.3 Å². The zero-order valence-corrected chi connectivity index (χ0v) is 11.1. The average Bonchev–Trinajstić information content (AvgIpc) is 2.09. The van der Waals surface area contributed by atoms with Crippen LogP contribution in [-0.4, -0.2) is 8.42 Å². The van der Waals surface area contributed by atoms with Crippen LogP contribution in [0.4, 0.5) is 3.89 Å². The van der Waals surface area contributed by atoms with Crippen molar-refractivity contribution in [3.8, 4) is 0 Å². The Labute approximate surface area is 110 Å². The quantitative estimate of drug-likeness (QED) is 0.427. The lowest BCUT2D eigenvalue weighted by Crippen LogP contribution is -1.96. The van der Waals surface area contributed by atoms with Gasteiger partial charge in [-0.25, -0.2) is 0 Å². The van der Waals surface area contributed by atoms with Crippen molar-refractivity contribution in [1.29, 1.82) is 0 Å². The van der Waals surface area contributed by atoms with Gasteiger partial charge in [0.15, 0.2) is 0 Å². The summed E-state index contributed by atoms with van der Waals surface area (Å²) in [5, 5.41) is -2.18. The van der Waals surface area contributed by atoms with Crippen LogP contribution in [0, 0.1) is 0 Å². The first-order valence-corrected chi connectivity index (χ1v) is 6.41. The highest BCUT2D eigenvalue weighted by Gasteiger charge is 2.28. The maximum Gasteiger partial charge on any atom is 0.335 e. The van der Waals surface area contributed by atoms with Gasteiger partial charge >= 0.3 is 10.2 Å². The Bertz CT molecular complexity index is 498. The topological polar surface area (TPSA) is 34.1 Å².